The van der Waals surface area contributed by atoms with Crippen molar-refractivity contribution in [1.82, 2.24) is 0 Å². The minimum Gasteiger partial charge on any atom is -0.502 e. The first-order valence-electron chi connectivity index (χ1n) is 2.64. The SMILES string of the molecule is CN.O=c1ccocc1O. The van der Waals surface area contributed by atoms with E-state index in [-0.39, 0.29) is 5.75 Å². The van der Waals surface area contributed by atoms with Gasteiger partial charge in [0.25, 0.3) is 0 Å². The molecule has 0 fully saturated rings. The molecular weight excluding hydrogens is 134 g/mol. The average molecular weight is 143 g/mol. The first-order valence-corrected chi connectivity index (χ1v) is 2.64. The Kier molecular flexibility index (Phi) is 3.99. The van der Waals surface area contributed by atoms with E-state index in [0.717, 1.165) is 12.3 Å². The number of nitrogens with two attached hydrogens (primary N) is 1. The Morgan fingerprint density at radius 2 is 2.20 bits per heavy atom. The maximum atomic E-state index is 10.3. The van der Waals surface area contributed by atoms with Crippen molar-refractivity contribution >= 4 is 0 Å². The van der Waals surface area contributed by atoms with Gasteiger partial charge in [0.1, 0.15) is 6.26 Å². The largest absolute Gasteiger partial charge is 0.502 e. The molecule has 10 heavy (non-hydrogen) atoms. The molecule has 0 amide bonds. The standard InChI is InChI=1S/C5H4O3.CH5N/c6-4-1-2-8-3-5(4)7;1-2/h1-3,7H;2H2,1H3. The van der Waals surface area contributed by atoms with Gasteiger partial charge in [-0.2, -0.15) is 0 Å². The molecule has 0 aliphatic rings. The van der Waals surface area contributed by atoms with E-state index < -0.39 is 5.43 Å². The molecule has 1 aromatic rings. The summed E-state index contributed by atoms with van der Waals surface area (Å²) in [6.45, 7) is 0. The van der Waals surface area contributed by atoms with Gasteiger partial charge in [0, 0.05) is 6.07 Å². The van der Waals surface area contributed by atoms with E-state index in [1.165, 1.54) is 13.3 Å². The molecule has 4 heteroatoms. The zero-order chi connectivity index (χ0) is 7.98. The van der Waals surface area contributed by atoms with Crippen molar-refractivity contribution in [3.8, 4) is 5.75 Å². The molecule has 3 N–H and O–H groups in total. The van der Waals surface area contributed by atoms with Crippen molar-refractivity contribution in [2.75, 3.05) is 7.05 Å². The summed E-state index contributed by atoms with van der Waals surface area (Å²) in [5.74, 6) is -0.354. The maximum absolute atomic E-state index is 10.3. The van der Waals surface area contributed by atoms with Crippen LogP contribution in [0.15, 0.2) is 27.8 Å². The van der Waals surface area contributed by atoms with E-state index in [2.05, 4.69) is 10.2 Å². The fraction of sp³-hybridized carbons (Fsp3) is 0.167. The monoisotopic (exact) mass is 143 g/mol. The molecule has 0 atom stereocenters. The van der Waals surface area contributed by atoms with Crippen molar-refractivity contribution in [3.05, 3.63) is 28.8 Å². The summed E-state index contributed by atoms with van der Waals surface area (Å²) in [4.78, 5) is 10.3. The number of rotatable bonds is 0. The molecule has 0 saturated heterocycles. The van der Waals surface area contributed by atoms with Crippen molar-refractivity contribution in [3.63, 3.8) is 0 Å². The van der Waals surface area contributed by atoms with E-state index in [0.29, 0.717) is 0 Å². The zero-order valence-corrected chi connectivity index (χ0v) is 5.57. The molecule has 0 aliphatic carbocycles. The van der Waals surface area contributed by atoms with Crippen LogP contribution in [0.5, 0.6) is 5.75 Å². The van der Waals surface area contributed by atoms with E-state index in [9.17, 15) is 4.79 Å². The molecule has 0 unspecified atom stereocenters. The lowest BCUT2D eigenvalue weighted by Gasteiger charge is -1.82. The first-order chi connectivity index (χ1) is 4.80. The Labute approximate surface area is 57.9 Å². The Bertz CT molecular complexity index is 230. The topological polar surface area (TPSA) is 76.5 Å². The van der Waals surface area contributed by atoms with Crippen LogP contribution in [0.4, 0.5) is 0 Å². The van der Waals surface area contributed by atoms with E-state index in [1.807, 2.05) is 0 Å². The van der Waals surface area contributed by atoms with Crippen LogP contribution >= 0.6 is 0 Å². The molecule has 4 nitrogen and oxygen atoms in total. The number of aromatic hydroxyl groups is 1. The van der Waals surface area contributed by atoms with Crippen LogP contribution in [0.1, 0.15) is 0 Å². The van der Waals surface area contributed by atoms with Crippen molar-refractivity contribution in [1.29, 1.82) is 0 Å². The van der Waals surface area contributed by atoms with Gasteiger partial charge in [-0.1, -0.05) is 0 Å². The number of hydrogen-bond acceptors (Lipinski definition) is 4. The predicted molar refractivity (Wildman–Crippen MR) is 36.8 cm³/mol. The highest BCUT2D eigenvalue weighted by Crippen LogP contribution is 1.94. The van der Waals surface area contributed by atoms with Gasteiger partial charge in [-0.3, -0.25) is 4.79 Å². The van der Waals surface area contributed by atoms with Crippen molar-refractivity contribution in [2.24, 2.45) is 5.73 Å². The van der Waals surface area contributed by atoms with Crippen LogP contribution in [0.2, 0.25) is 0 Å². The molecule has 0 saturated carbocycles. The van der Waals surface area contributed by atoms with E-state index in [1.54, 1.807) is 0 Å². The summed E-state index contributed by atoms with van der Waals surface area (Å²) in [5, 5.41) is 8.51. The Morgan fingerprint density at radius 3 is 2.50 bits per heavy atom. The Morgan fingerprint density at radius 1 is 1.60 bits per heavy atom. The normalized spacial score (nSPS) is 7.80. The third kappa shape index (κ3) is 2.32. The van der Waals surface area contributed by atoms with Gasteiger partial charge in [0.15, 0.2) is 5.75 Å². The smallest absolute Gasteiger partial charge is 0.226 e. The van der Waals surface area contributed by atoms with Crippen LogP contribution in [-0.4, -0.2) is 12.2 Å². The Hall–Kier alpha value is -1.29. The lowest BCUT2D eigenvalue weighted by molar-refractivity contribution is 0.429. The molecule has 56 valence electrons. The highest BCUT2D eigenvalue weighted by atomic mass is 16.3. The van der Waals surface area contributed by atoms with Gasteiger partial charge in [0.2, 0.25) is 5.43 Å². The van der Waals surface area contributed by atoms with Crippen LogP contribution in [-0.2, 0) is 0 Å². The molecular formula is C6H9NO3. The molecule has 0 radical (unpaired) electrons. The molecule has 0 bridgehead atoms. The van der Waals surface area contributed by atoms with Gasteiger partial charge in [-0.05, 0) is 7.05 Å². The third-order valence-electron chi connectivity index (χ3n) is 0.730. The first kappa shape index (κ1) is 8.71. The Balaban J connectivity index is 0.000000371. The van der Waals surface area contributed by atoms with Crippen LogP contribution < -0.4 is 11.2 Å². The van der Waals surface area contributed by atoms with Gasteiger partial charge in [-0.25, -0.2) is 0 Å². The average Bonchev–Trinajstić information content (AvgIpc) is 2.00. The molecule has 1 rings (SSSR count). The van der Waals surface area contributed by atoms with Crippen LogP contribution in [0, 0.1) is 0 Å². The summed E-state index contributed by atoms with van der Waals surface area (Å²) >= 11 is 0. The van der Waals surface area contributed by atoms with Gasteiger partial charge in [0.05, 0.1) is 6.26 Å². The van der Waals surface area contributed by atoms with Crippen molar-refractivity contribution < 1.29 is 9.52 Å². The molecule has 0 aromatic carbocycles. The lowest BCUT2D eigenvalue weighted by Crippen LogP contribution is -1.93. The lowest BCUT2D eigenvalue weighted by atomic mass is 10.5. The zero-order valence-electron chi connectivity index (χ0n) is 5.57. The summed E-state index contributed by atoms with van der Waals surface area (Å²) in [5.41, 5.74) is 4.08. The summed E-state index contributed by atoms with van der Waals surface area (Å²) in [6, 6.07) is 1.15. The second kappa shape index (κ2) is 4.58. The summed E-state index contributed by atoms with van der Waals surface area (Å²) in [6.07, 6.45) is 2.20. The van der Waals surface area contributed by atoms with Gasteiger partial charge < -0.3 is 15.3 Å². The van der Waals surface area contributed by atoms with Crippen LogP contribution in [0.3, 0.4) is 0 Å². The van der Waals surface area contributed by atoms with E-state index in [4.69, 9.17) is 5.11 Å². The minimum absolute atomic E-state index is 0.354. The highest BCUT2D eigenvalue weighted by Gasteiger charge is 1.89. The van der Waals surface area contributed by atoms with Crippen LogP contribution in [0.25, 0.3) is 0 Å². The van der Waals surface area contributed by atoms with Gasteiger partial charge >= 0.3 is 0 Å². The quantitative estimate of drug-likeness (QED) is 0.532. The molecule has 0 spiro atoms. The highest BCUT2D eigenvalue weighted by molar-refractivity contribution is 5.10. The summed E-state index contributed by atoms with van der Waals surface area (Å²) < 4.78 is 4.44. The van der Waals surface area contributed by atoms with Crippen molar-refractivity contribution in [2.45, 2.75) is 0 Å². The number of hydrogen-bond donors (Lipinski definition) is 2. The molecule has 0 aliphatic heterocycles. The fourth-order valence-electron chi connectivity index (χ4n) is 0.348. The summed E-state index contributed by atoms with van der Waals surface area (Å²) in [7, 11) is 1.50. The van der Waals surface area contributed by atoms with E-state index >= 15 is 0 Å². The second-order valence-corrected chi connectivity index (χ2v) is 1.31. The molecule has 1 aromatic heterocycles. The fourth-order valence-corrected chi connectivity index (χ4v) is 0.348. The maximum Gasteiger partial charge on any atom is 0.226 e. The third-order valence-corrected chi connectivity index (χ3v) is 0.730. The second-order valence-electron chi connectivity index (χ2n) is 1.31. The predicted octanol–water partition coefficient (Wildman–Crippen LogP) is -0.0797. The van der Waals surface area contributed by atoms with Gasteiger partial charge in [-0.15, -0.1) is 0 Å². The molecule has 1 heterocycles. The minimum atomic E-state index is -0.420.